The Morgan fingerprint density at radius 1 is 1.00 bits per heavy atom. The second-order valence-electron chi connectivity index (χ2n) is 5.14. The molecule has 1 aromatic carbocycles. The lowest BCUT2D eigenvalue weighted by atomic mass is 10.2. The summed E-state index contributed by atoms with van der Waals surface area (Å²) in [5.41, 5.74) is 3.36. The Morgan fingerprint density at radius 3 is 2.24 bits per heavy atom. The molecular formula is C16H16ClN3O4S. The molecule has 0 unspecified atom stereocenters. The van der Waals surface area contributed by atoms with Gasteiger partial charge in [0, 0.05) is 31.2 Å². The highest BCUT2D eigenvalue weighted by Crippen LogP contribution is 2.14. The largest absolute Gasteiger partial charge is 0.387 e. The van der Waals surface area contributed by atoms with E-state index in [-0.39, 0.29) is 0 Å². The molecule has 2 heterocycles. The average molecular weight is 382 g/mol. The standard InChI is InChI=1S/C16H16N3S.ClHO4/c1-18(2)15-7-4-13(5-8-15)3-6-14-9-10-19-11-12-20-16(19)17-14;2-1(3,4)5/h3-12H,1-2H3;(H,2,3,4,5)/q+1;/p-1. The summed E-state index contributed by atoms with van der Waals surface area (Å²) in [5, 5.41) is 2.04. The Hall–Kier alpha value is -2.07. The fourth-order valence-corrected chi connectivity index (χ4v) is 2.66. The van der Waals surface area contributed by atoms with Gasteiger partial charge in [-0.15, -0.1) is 10.2 Å². The molecule has 7 nitrogen and oxygen atoms in total. The Morgan fingerprint density at radius 2 is 1.64 bits per heavy atom. The first-order valence-corrected chi connectivity index (χ1v) is 9.16. The predicted molar refractivity (Wildman–Crippen MR) is 85.0 cm³/mol. The minimum atomic E-state index is -4.94. The molecule has 2 aromatic heterocycles. The molecule has 25 heavy (non-hydrogen) atoms. The number of halogens is 1. The van der Waals surface area contributed by atoms with E-state index in [0.29, 0.717) is 0 Å². The van der Waals surface area contributed by atoms with Crippen LogP contribution >= 0.6 is 11.3 Å². The molecule has 0 aliphatic heterocycles. The Kier molecular flexibility index (Phi) is 6.43. The number of benzene rings is 1. The van der Waals surface area contributed by atoms with Crippen molar-refractivity contribution in [3.05, 3.63) is 59.4 Å². The lowest BCUT2D eigenvalue weighted by Gasteiger charge is -2.17. The predicted octanol–water partition coefficient (Wildman–Crippen LogP) is -1.64. The first-order chi connectivity index (χ1) is 11.7. The average Bonchev–Trinajstić information content (AvgIpc) is 2.99. The molecule has 0 amide bonds. The Balaban J connectivity index is 0.000000399. The van der Waals surface area contributed by atoms with E-state index in [1.165, 1.54) is 11.3 Å². The molecule has 0 aliphatic carbocycles. The van der Waals surface area contributed by atoms with E-state index in [4.69, 9.17) is 18.6 Å². The lowest BCUT2D eigenvalue weighted by Crippen LogP contribution is -2.68. The molecule has 0 spiro atoms. The number of hydrogen-bond acceptors (Lipinski definition) is 7. The van der Waals surface area contributed by atoms with Gasteiger partial charge in [0.05, 0.1) is 0 Å². The van der Waals surface area contributed by atoms with Crippen LogP contribution in [0.4, 0.5) is 5.69 Å². The van der Waals surface area contributed by atoms with Crippen molar-refractivity contribution in [2.75, 3.05) is 19.0 Å². The Labute approximate surface area is 151 Å². The second-order valence-corrected chi connectivity index (χ2v) is 6.77. The smallest absolute Gasteiger partial charge is 0.378 e. The normalized spacial score (nSPS) is 11.4. The van der Waals surface area contributed by atoms with Crippen molar-refractivity contribution in [2.24, 2.45) is 0 Å². The van der Waals surface area contributed by atoms with Crippen LogP contribution in [0, 0.1) is 10.2 Å². The molecule has 0 bridgehead atoms. The maximum atomic E-state index is 8.49. The van der Waals surface area contributed by atoms with Crippen LogP contribution in [0.5, 0.6) is 0 Å². The molecule has 3 rings (SSSR count). The van der Waals surface area contributed by atoms with Crippen LogP contribution in [0.15, 0.2) is 48.1 Å². The van der Waals surface area contributed by atoms with Gasteiger partial charge in [-0.1, -0.05) is 29.5 Å². The highest BCUT2D eigenvalue weighted by Gasteiger charge is 2.05. The van der Waals surface area contributed by atoms with E-state index in [9.17, 15) is 0 Å². The van der Waals surface area contributed by atoms with Gasteiger partial charge in [0.15, 0.2) is 5.69 Å². The van der Waals surface area contributed by atoms with Crippen molar-refractivity contribution in [2.45, 2.75) is 0 Å². The number of fused-ring (bicyclic) bond motifs is 1. The van der Waals surface area contributed by atoms with E-state index in [0.717, 1.165) is 10.7 Å². The third-order valence-corrected chi connectivity index (χ3v) is 3.87. The molecule has 0 fully saturated rings. The van der Waals surface area contributed by atoms with Crippen molar-refractivity contribution >= 4 is 34.1 Å². The van der Waals surface area contributed by atoms with Crippen molar-refractivity contribution in [3.63, 3.8) is 0 Å². The molecule has 0 N–H and O–H groups in total. The van der Waals surface area contributed by atoms with E-state index in [1.807, 2.05) is 48.4 Å². The zero-order valence-electron chi connectivity index (χ0n) is 13.5. The van der Waals surface area contributed by atoms with Gasteiger partial charge in [-0.25, -0.2) is 18.6 Å². The van der Waals surface area contributed by atoms with Gasteiger partial charge in [-0.3, -0.25) is 0 Å². The molecule has 3 aromatic rings. The van der Waals surface area contributed by atoms with Crippen LogP contribution in [0.2, 0.25) is 0 Å². The van der Waals surface area contributed by atoms with Crippen LogP contribution in [-0.2, 0) is 0 Å². The van der Waals surface area contributed by atoms with E-state index in [2.05, 4.69) is 40.2 Å². The van der Waals surface area contributed by atoms with Crippen LogP contribution in [-0.4, -0.2) is 19.1 Å². The molecule has 132 valence electrons. The number of thiazole rings is 1. The number of hydrogen-bond donors (Lipinski definition) is 0. The third kappa shape index (κ3) is 6.75. The van der Waals surface area contributed by atoms with E-state index in [1.54, 1.807) is 11.3 Å². The minimum absolute atomic E-state index is 0.976. The third-order valence-electron chi connectivity index (χ3n) is 3.10. The highest BCUT2D eigenvalue weighted by molar-refractivity contribution is 7.14. The van der Waals surface area contributed by atoms with Gasteiger partial charge in [0.1, 0.15) is 12.4 Å². The van der Waals surface area contributed by atoms with Crippen molar-refractivity contribution in [1.82, 2.24) is 4.98 Å². The van der Waals surface area contributed by atoms with Crippen LogP contribution in [0.1, 0.15) is 11.3 Å². The SMILES string of the molecule is CN(C)c1ccc(C=Cc2cc[n+]3ccsc3n2)cc1.[O-][Cl+3]([O-])([O-])[O-]. The summed E-state index contributed by atoms with van der Waals surface area (Å²) in [6.07, 6.45) is 8.18. The fraction of sp³-hybridized carbons (Fsp3) is 0.125. The van der Waals surface area contributed by atoms with Gasteiger partial charge in [-0.2, -0.15) is 4.40 Å². The van der Waals surface area contributed by atoms with Gasteiger partial charge in [0.25, 0.3) is 0 Å². The van der Waals surface area contributed by atoms with Gasteiger partial charge in [0.2, 0.25) is 0 Å². The number of rotatable bonds is 3. The quantitative estimate of drug-likeness (QED) is 0.503. The summed E-state index contributed by atoms with van der Waals surface area (Å²) in [7, 11) is -0.856. The van der Waals surface area contributed by atoms with Gasteiger partial charge < -0.3 is 4.90 Å². The van der Waals surface area contributed by atoms with Crippen molar-refractivity contribution < 1.29 is 33.3 Å². The Bertz CT molecular complexity index is 838. The van der Waals surface area contributed by atoms with E-state index < -0.39 is 10.2 Å². The van der Waals surface area contributed by atoms with E-state index >= 15 is 0 Å². The first kappa shape index (κ1) is 19.3. The highest BCUT2D eigenvalue weighted by atomic mass is 35.7. The molecule has 0 saturated carbocycles. The van der Waals surface area contributed by atoms with Gasteiger partial charge in [-0.05, 0) is 28.8 Å². The zero-order valence-corrected chi connectivity index (χ0v) is 15.1. The van der Waals surface area contributed by atoms with Crippen molar-refractivity contribution in [3.8, 4) is 0 Å². The monoisotopic (exact) mass is 381 g/mol. The fourth-order valence-electron chi connectivity index (χ4n) is 1.94. The zero-order chi connectivity index (χ0) is 18.4. The first-order valence-electron chi connectivity index (χ1n) is 7.05. The number of anilines is 1. The summed E-state index contributed by atoms with van der Waals surface area (Å²) in [4.78, 5) is 7.69. The summed E-state index contributed by atoms with van der Waals surface area (Å²) in [6.45, 7) is 0. The maximum absolute atomic E-state index is 8.49. The van der Waals surface area contributed by atoms with Crippen LogP contribution < -0.4 is 27.9 Å². The van der Waals surface area contributed by atoms with Crippen LogP contribution in [0.25, 0.3) is 17.1 Å². The summed E-state index contributed by atoms with van der Waals surface area (Å²) in [5.74, 6) is 0. The number of aromatic nitrogens is 2. The molecule has 0 radical (unpaired) electrons. The lowest BCUT2D eigenvalue weighted by molar-refractivity contribution is -2.00. The van der Waals surface area contributed by atoms with Gasteiger partial charge >= 0.3 is 4.96 Å². The second kappa shape index (κ2) is 8.34. The molecule has 9 heteroatoms. The summed E-state index contributed by atoms with van der Waals surface area (Å²) >= 11 is 1.64. The summed E-state index contributed by atoms with van der Waals surface area (Å²) in [6, 6.07) is 10.5. The topological polar surface area (TPSA) is 112 Å². The number of nitrogens with zero attached hydrogens (tertiary/aromatic N) is 3. The molecule has 0 atom stereocenters. The molecule has 0 saturated heterocycles. The van der Waals surface area contributed by atoms with Crippen LogP contribution in [0.3, 0.4) is 0 Å². The molecule has 0 aliphatic rings. The minimum Gasteiger partial charge on any atom is -0.378 e. The molecular weight excluding hydrogens is 366 g/mol. The maximum Gasteiger partial charge on any atom is 0.387 e. The van der Waals surface area contributed by atoms with Crippen molar-refractivity contribution in [1.29, 1.82) is 0 Å². The summed E-state index contributed by atoms with van der Waals surface area (Å²) < 4.78 is 36.0.